The van der Waals surface area contributed by atoms with Gasteiger partial charge in [-0.25, -0.2) is 0 Å². The molecule has 0 saturated carbocycles. The molecule has 0 aromatic rings. The van der Waals surface area contributed by atoms with E-state index in [-0.39, 0.29) is 24.5 Å². The molecule has 0 aromatic heterocycles. The van der Waals surface area contributed by atoms with E-state index in [1.54, 1.807) is 17.9 Å². The average molecular weight is 451 g/mol. The van der Waals surface area contributed by atoms with E-state index in [0.29, 0.717) is 19.4 Å². The van der Waals surface area contributed by atoms with Gasteiger partial charge in [0, 0.05) is 12.6 Å². The van der Waals surface area contributed by atoms with E-state index in [9.17, 15) is 24.6 Å². The summed E-state index contributed by atoms with van der Waals surface area (Å²) in [7, 11) is 0. The number of nitrogens with zero attached hydrogens (tertiary/aromatic N) is 2. The third kappa shape index (κ3) is 3.29. The summed E-state index contributed by atoms with van der Waals surface area (Å²) in [5.74, 6) is -3.83. The van der Waals surface area contributed by atoms with Crippen LogP contribution >= 0.6 is 0 Å². The van der Waals surface area contributed by atoms with Crippen LogP contribution < -0.4 is 0 Å². The summed E-state index contributed by atoms with van der Waals surface area (Å²) < 4.78 is 6.50. The molecule has 1 spiro atoms. The van der Waals surface area contributed by atoms with Crippen LogP contribution in [0.25, 0.3) is 0 Å². The molecule has 8 nitrogen and oxygen atoms in total. The topological polar surface area (TPSA) is 107 Å². The number of aliphatic hydroxyl groups excluding tert-OH is 1. The summed E-state index contributed by atoms with van der Waals surface area (Å²) in [6.07, 6.45) is 4.24. The summed E-state index contributed by atoms with van der Waals surface area (Å²) in [5.41, 5.74) is -2.23. The Balaban J connectivity index is 2.16. The molecule has 3 fully saturated rings. The molecule has 3 heterocycles. The molecular weight excluding hydrogens is 412 g/mol. The molecule has 32 heavy (non-hydrogen) atoms. The number of carbonyl (C=O) groups excluding carboxylic acids is 2. The molecule has 0 aliphatic carbocycles. The number of carboxylic acids is 1. The number of carbonyl (C=O) groups is 3. The van der Waals surface area contributed by atoms with E-state index in [2.05, 4.69) is 6.58 Å². The van der Waals surface area contributed by atoms with Gasteiger partial charge in [0.05, 0.1) is 24.2 Å². The first-order valence-corrected chi connectivity index (χ1v) is 11.8. The maximum Gasteiger partial charge on any atom is 0.310 e. The van der Waals surface area contributed by atoms with Crippen LogP contribution in [0.2, 0.25) is 0 Å². The highest BCUT2D eigenvalue weighted by Crippen LogP contribution is 2.65. The Hall–Kier alpha value is -1.93. The van der Waals surface area contributed by atoms with Crippen molar-refractivity contribution in [2.24, 2.45) is 17.8 Å². The number of hydrogen-bond donors (Lipinski definition) is 2. The Morgan fingerprint density at radius 1 is 1.41 bits per heavy atom. The van der Waals surface area contributed by atoms with Crippen molar-refractivity contribution in [2.45, 2.75) is 89.6 Å². The van der Waals surface area contributed by atoms with Gasteiger partial charge in [0.2, 0.25) is 11.8 Å². The first-order chi connectivity index (χ1) is 15.0. The Labute approximate surface area is 190 Å². The number of fused-ring (bicyclic) bond motifs is 1. The van der Waals surface area contributed by atoms with Gasteiger partial charge in [0.15, 0.2) is 0 Å². The molecule has 3 saturated heterocycles. The zero-order chi connectivity index (χ0) is 24.0. The summed E-state index contributed by atoms with van der Waals surface area (Å²) in [6.45, 7) is 13.4. The van der Waals surface area contributed by atoms with E-state index >= 15 is 0 Å². The molecule has 2 amide bonds. The van der Waals surface area contributed by atoms with Gasteiger partial charge in [-0.05, 0) is 39.0 Å². The van der Waals surface area contributed by atoms with Crippen LogP contribution in [0, 0.1) is 17.8 Å². The number of carboxylic acid groups (broad SMARTS) is 1. The Bertz CT molecular complexity index is 782. The molecule has 8 heteroatoms. The minimum absolute atomic E-state index is 0.0750. The number of likely N-dealkylation sites (tertiary alicyclic amines) is 1. The number of aliphatic carboxylic acids is 1. The van der Waals surface area contributed by atoms with Crippen molar-refractivity contribution in [1.29, 1.82) is 0 Å². The Morgan fingerprint density at radius 2 is 2.06 bits per heavy atom. The third-order valence-electron chi connectivity index (χ3n) is 8.18. The van der Waals surface area contributed by atoms with Crippen LogP contribution in [0.4, 0.5) is 0 Å². The van der Waals surface area contributed by atoms with Crippen molar-refractivity contribution < 1.29 is 29.3 Å². The highest BCUT2D eigenvalue weighted by molar-refractivity contribution is 5.98. The van der Waals surface area contributed by atoms with Crippen LogP contribution in [-0.4, -0.2) is 80.3 Å². The molecule has 8 atom stereocenters. The fourth-order valence-corrected chi connectivity index (χ4v) is 6.50. The Morgan fingerprint density at radius 3 is 2.56 bits per heavy atom. The molecule has 3 rings (SSSR count). The van der Waals surface area contributed by atoms with Gasteiger partial charge in [0.25, 0.3) is 0 Å². The first kappa shape index (κ1) is 24.7. The fraction of sp³-hybridized carbons (Fsp3) is 0.792. The van der Waals surface area contributed by atoms with Crippen molar-refractivity contribution in [3.63, 3.8) is 0 Å². The predicted octanol–water partition coefficient (Wildman–Crippen LogP) is 2.06. The lowest BCUT2D eigenvalue weighted by Gasteiger charge is -2.41. The van der Waals surface area contributed by atoms with Crippen LogP contribution in [0.15, 0.2) is 12.7 Å². The van der Waals surface area contributed by atoms with Gasteiger partial charge >= 0.3 is 5.97 Å². The number of amides is 2. The van der Waals surface area contributed by atoms with Gasteiger partial charge in [-0.1, -0.05) is 33.3 Å². The smallest absolute Gasteiger partial charge is 0.310 e. The minimum Gasteiger partial charge on any atom is -0.481 e. The number of aliphatic hydroxyl groups is 1. The summed E-state index contributed by atoms with van der Waals surface area (Å²) >= 11 is 0. The van der Waals surface area contributed by atoms with Crippen LogP contribution in [0.1, 0.15) is 60.3 Å². The molecule has 2 bridgehead atoms. The zero-order valence-corrected chi connectivity index (χ0v) is 19.9. The molecular formula is C24H38N2O6. The maximum atomic E-state index is 14.1. The summed E-state index contributed by atoms with van der Waals surface area (Å²) in [6, 6.07) is -1.62. The average Bonchev–Trinajstić information content (AvgIpc) is 3.24. The standard InChI is InChI=1S/C24H38N2O6/c1-7-10-15(5)25(11-8-2)21(29)19-24-12-14(4)23(6,32-24)18(22(30)31)17(24)20(28)26(19)16(9-3)13-27/h8,14-19,27H,2,7,9-13H2,1,3-6H3,(H,30,31)/t14?,15?,16-,17-,18+,19?,23-,24?/m0/s1. The SMILES string of the molecule is C=CCN(C(=O)C1N([C@@H](CC)CO)C(=O)[C@@H]2[C@H](C(=O)O)[C@@]3(C)OC12CC3C)C(C)CCC. The highest BCUT2D eigenvalue weighted by atomic mass is 16.5. The number of ether oxygens (including phenoxy) is 1. The number of hydrogen-bond acceptors (Lipinski definition) is 5. The first-order valence-electron chi connectivity index (χ1n) is 11.8. The highest BCUT2D eigenvalue weighted by Gasteiger charge is 2.80. The van der Waals surface area contributed by atoms with Crippen molar-refractivity contribution in [2.75, 3.05) is 13.2 Å². The van der Waals surface area contributed by atoms with E-state index in [0.717, 1.165) is 12.8 Å². The van der Waals surface area contributed by atoms with Gasteiger partial charge < -0.3 is 24.7 Å². The van der Waals surface area contributed by atoms with Crippen LogP contribution in [0.5, 0.6) is 0 Å². The van der Waals surface area contributed by atoms with E-state index in [1.165, 1.54) is 4.90 Å². The van der Waals surface area contributed by atoms with E-state index in [4.69, 9.17) is 4.74 Å². The van der Waals surface area contributed by atoms with Crippen molar-refractivity contribution in [1.82, 2.24) is 9.80 Å². The van der Waals surface area contributed by atoms with E-state index in [1.807, 2.05) is 27.7 Å². The second kappa shape index (κ2) is 8.78. The van der Waals surface area contributed by atoms with E-state index < -0.39 is 47.0 Å². The largest absolute Gasteiger partial charge is 0.481 e. The molecule has 0 radical (unpaired) electrons. The van der Waals surface area contributed by atoms with Crippen LogP contribution in [0.3, 0.4) is 0 Å². The van der Waals surface area contributed by atoms with Crippen molar-refractivity contribution in [3.05, 3.63) is 12.7 Å². The van der Waals surface area contributed by atoms with Gasteiger partial charge in [-0.15, -0.1) is 6.58 Å². The van der Waals surface area contributed by atoms with Crippen molar-refractivity contribution >= 4 is 17.8 Å². The lowest BCUT2D eigenvalue weighted by Crippen LogP contribution is -2.60. The summed E-state index contributed by atoms with van der Waals surface area (Å²) in [5, 5.41) is 20.1. The third-order valence-corrected chi connectivity index (χ3v) is 8.18. The Kier molecular flexibility index (Phi) is 6.78. The molecule has 4 unspecified atom stereocenters. The normalized spacial score (nSPS) is 37.3. The number of rotatable bonds is 10. The lowest BCUT2D eigenvalue weighted by atomic mass is 9.62. The molecule has 2 N–H and O–H groups in total. The van der Waals surface area contributed by atoms with Gasteiger partial charge in [-0.3, -0.25) is 14.4 Å². The molecule has 180 valence electrons. The van der Waals surface area contributed by atoms with Gasteiger partial charge in [0.1, 0.15) is 17.6 Å². The minimum atomic E-state index is -1.21. The second-order valence-corrected chi connectivity index (χ2v) is 9.95. The summed E-state index contributed by atoms with van der Waals surface area (Å²) in [4.78, 5) is 43.4. The maximum absolute atomic E-state index is 14.1. The van der Waals surface area contributed by atoms with Gasteiger partial charge in [-0.2, -0.15) is 0 Å². The molecule has 0 aromatic carbocycles. The fourth-order valence-electron chi connectivity index (χ4n) is 6.50. The zero-order valence-electron chi connectivity index (χ0n) is 19.9. The quantitative estimate of drug-likeness (QED) is 0.494. The van der Waals surface area contributed by atoms with Crippen LogP contribution in [-0.2, 0) is 19.1 Å². The molecule has 3 aliphatic heterocycles. The lowest BCUT2D eigenvalue weighted by molar-refractivity contribution is -0.160. The second-order valence-electron chi connectivity index (χ2n) is 9.95. The predicted molar refractivity (Wildman–Crippen MR) is 119 cm³/mol. The monoisotopic (exact) mass is 450 g/mol. The molecule has 3 aliphatic rings. The van der Waals surface area contributed by atoms with Crippen molar-refractivity contribution in [3.8, 4) is 0 Å².